The van der Waals surface area contributed by atoms with Gasteiger partial charge in [0.25, 0.3) is 0 Å². The summed E-state index contributed by atoms with van der Waals surface area (Å²) in [5.41, 5.74) is 2.50. The van der Waals surface area contributed by atoms with Gasteiger partial charge in [0.2, 0.25) is 0 Å². The Morgan fingerprint density at radius 2 is 1.86 bits per heavy atom. The zero-order valence-corrected chi connectivity index (χ0v) is 12.9. The van der Waals surface area contributed by atoms with Gasteiger partial charge in [-0.2, -0.15) is 0 Å². The molecule has 2 aromatic rings. The maximum atomic E-state index is 13.1. The molecule has 0 bridgehead atoms. The predicted molar refractivity (Wildman–Crippen MR) is 83.9 cm³/mol. The molecular formula is C15H14BrFN2O2. The molecule has 0 aromatic heterocycles. The van der Waals surface area contributed by atoms with E-state index in [1.807, 2.05) is 12.1 Å². The average Bonchev–Trinajstić information content (AvgIpc) is 2.50. The van der Waals surface area contributed by atoms with Crippen LogP contribution in [-0.2, 0) is 11.3 Å². The number of hydrogen-bond acceptors (Lipinski definition) is 3. The van der Waals surface area contributed by atoms with Gasteiger partial charge in [0, 0.05) is 17.9 Å². The number of carbonyl (C=O) groups excluding carboxylic acids is 1. The molecule has 21 heavy (non-hydrogen) atoms. The SMILES string of the molecule is COC(=O)Nc1ccc(NCc2ccc(F)c(Br)c2)cc1. The van der Waals surface area contributed by atoms with E-state index >= 15 is 0 Å². The van der Waals surface area contributed by atoms with Crippen molar-refractivity contribution in [2.75, 3.05) is 17.7 Å². The minimum Gasteiger partial charge on any atom is -0.453 e. The highest BCUT2D eigenvalue weighted by Crippen LogP contribution is 2.19. The molecule has 2 N–H and O–H groups in total. The molecule has 0 aliphatic carbocycles. The third-order valence-electron chi connectivity index (χ3n) is 2.80. The van der Waals surface area contributed by atoms with Gasteiger partial charge in [-0.25, -0.2) is 9.18 Å². The number of methoxy groups -OCH3 is 1. The molecule has 0 aliphatic heterocycles. The second-order valence-electron chi connectivity index (χ2n) is 4.30. The van der Waals surface area contributed by atoms with Gasteiger partial charge in [0.15, 0.2) is 0 Å². The molecule has 0 aliphatic rings. The fraction of sp³-hybridized carbons (Fsp3) is 0.133. The van der Waals surface area contributed by atoms with Crippen molar-refractivity contribution >= 4 is 33.4 Å². The lowest BCUT2D eigenvalue weighted by Gasteiger charge is -2.09. The van der Waals surface area contributed by atoms with Crippen LogP contribution in [-0.4, -0.2) is 13.2 Å². The van der Waals surface area contributed by atoms with E-state index in [1.54, 1.807) is 24.3 Å². The normalized spacial score (nSPS) is 10.0. The number of nitrogens with one attached hydrogen (secondary N) is 2. The van der Waals surface area contributed by atoms with Crippen molar-refractivity contribution in [1.82, 2.24) is 0 Å². The van der Waals surface area contributed by atoms with Crippen molar-refractivity contribution < 1.29 is 13.9 Å². The van der Waals surface area contributed by atoms with E-state index in [9.17, 15) is 9.18 Å². The van der Waals surface area contributed by atoms with Crippen LogP contribution in [0.15, 0.2) is 46.9 Å². The Morgan fingerprint density at radius 3 is 2.48 bits per heavy atom. The summed E-state index contributed by atoms with van der Waals surface area (Å²) in [7, 11) is 1.31. The van der Waals surface area contributed by atoms with E-state index in [-0.39, 0.29) is 5.82 Å². The minimum absolute atomic E-state index is 0.281. The van der Waals surface area contributed by atoms with Crippen molar-refractivity contribution in [2.45, 2.75) is 6.54 Å². The van der Waals surface area contributed by atoms with Gasteiger partial charge in [0.05, 0.1) is 11.6 Å². The molecule has 0 saturated carbocycles. The summed E-state index contributed by atoms with van der Waals surface area (Å²) in [5.74, 6) is -0.281. The Hall–Kier alpha value is -2.08. The molecule has 0 saturated heterocycles. The van der Waals surface area contributed by atoms with Crippen LogP contribution in [0.4, 0.5) is 20.6 Å². The van der Waals surface area contributed by atoms with Crippen molar-refractivity contribution in [3.8, 4) is 0 Å². The van der Waals surface area contributed by atoms with Gasteiger partial charge in [-0.15, -0.1) is 0 Å². The fourth-order valence-corrected chi connectivity index (χ4v) is 2.12. The van der Waals surface area contributed by atoms with Crippen molar-refractivity contribution in [2.24, 2.45) is 0 Å². The Bertz CT molecular complexity index is 632. The van der Waals surface area contributed by atoms with Crippen LogP contribution < -0.4 is 10.6 Å². The smallest absolute Gasteiger partial charge is 0.411 e. The summed E-state index contributed by atoms with van der Waals surface area (Å²) in [6.07, 6.45) is -0.508. The highest BCUT2D eigenvalue weighted by molar-refractivity contribution is 9.10. The Balaban J connectivity index is 1.94. The second kappa shape index (κ2) is 7.08. The molecule has 0 radical (unpaired) electrons. The van der Waals surface area contributed by atoms with Crippen LogP contribution in [0.2, 0.25) is 0 Å². The fourth-order valence-electron chi connectivity index (χ4n) is 1.69. The Morgan fingerprint density at radius 1 is 1.19 bits per heavy atom. The number of amides is 1. The third kappa shape index (κ3) is 4.46. The third-order valence-corrected chi connectivity index (χ3v) is 3.41. The number of benzene rings is 2. The topological polar surface area (TPSA) is 50.4 Å². The molecule has 0 heterocycles. The summed E-state index contributed by atoms with van der Waals surface area (Å²) in [6, 6.07) is 12.1. The quantitative estimate of drug-likeness (QED) is 0.858. The number of rotatable bonds is 4. The van der Waals surface area contributed by atoms with Crippen LogP contribution in [0.1, 0.15) is 5.56 Å². The maximum Gasteiger partial charge on any atom is 0.411 e. The zero-order valence-electron chi connectivity index (χ0n) is 11.3. The van der Waals surface area contributed by atoms with E-state index in [0.717, 1.165) is 11.3 Å². The van der Waals surface area contributed by atoms with Crippen molar-refractivity contribution in [3.63, 3.8) is 0 Å². The predicted octanol–water partition coefficient (Wildman–Crippen LogP) is 4.38. The molecule has 0 unspecified atom stereocenters. The largest absolute Gasteiger partial charge is 0.453 e. The van der Waals surface area contributed by atoms with E-state index in [0.29, 0.717) is 16.7 Å². The van der Waals surface area contributed by atoms with Crippen LogP contribution in [0.25, 0.3) is 0 Å². The van der Waals surface area contributed by atoms with Gasteiger partial charge >= 0.3 is 6.09 Å². The maximum absolute atomic E-state index is 13.1. The zero-order chi connectivity index (χ0) is 15.2. The summed E-state index contributed by atoms with van der Waals surface area (Å²) < 4.78 is 18.1. The van der Waals surface area contributed by atoms with E-state index in [2.05, 4.69) is 31.3 Å². The lowest BCUT2D eigenvalue weighted by Crippen LogP contribution is -2.10. The average molecular weight is 353 g/mol. The molecule has 0 spiro atoms. The highest BCUT2D eigenvalue weighted by Gasteiger charge is 2.02. The van der Waals surface area contributed by atoms with Crippen LogP contribution in [0, 0.1) is 5.82 Å². The first kappa shape index (κ1) is 15.3. The standard InChI is InChI=1S/C15H14BrFN2O2/c1-21-15(20)19-12-5-3-11(4-6-12)18-9-10-2-7-14(17)13(16)8-10/h2-8,18H,9H2,1H3,(H,19,20). The number of hydrogen-bond donors (Lipinski definition) is 2. The van der Waals surface area contributed by atoms with Gasteiger partial charge in [0.1, 0.15) is 5.82 Å². The Labute approximate surface area is 130 Å². The molecule has 6 heteroatoms. The number of ether oxygens (including phenoxy) is 1. The van der Waals surface area contributed by atoms with Crippen molar-refractivity contribution in [1.29, 1.82) is 0 Å². The summed E-state index contributed by atoms with van der Waals surface area (Å²) >= 11 is 3.16. The van der Waals surface area contributed by atoms with Crippen LogP contribution in [0.3, 0.4) is 0 Å². The molecule has 4 nitrogen and oxygen atoms in total. The summed E-state index contributed by atoms with van der Waals surface area (Å²) in [6.45, 7) is 0.572. The molecule has 1 amide bonds. The highest BCUT2D eigenvalue weighted by atomic mass is 79.9. The number of halogens is 2. The first-order chi connectivity index (χ1) is 10.1. The van der Waals surface area contributed by atoms with E-state index in [1.165, 1.54) is 13.2 Å². The summed E-state index contributed by atoms with van der Waals surface area (Å²) in [4.78, 5) is 11.1. The van der Waals surface area contributed by atoms with Gasteiger partial charge < -0.3 is 10.1 Å². The molecule has 2 aromatic carbocycles. The molecular weight excluding hydrogens is 339 g/mol. The van der Waals surface area contributed by atoms with Gasteiger partial charge in [-0.3, -0.25) is 5.32 Å². The van der Waals surface area contributed by atoms with Gasteiger partial charge in [-0.05, 0) is 57.9 Å². The minimum atomic E-state index is -0.508. The lowest BCUT2D eigenvalue weighted by molar-refractivity contribution is 0.187. The summed E-state index contributed by atoms with van der Waals surface area (Å²) in [5, 5.41) is 5.78. The van der Waals surface area contributed by atoms with Crippen LogP contribution in [0.5, 0.6) is 0 Å². The molecule has 110 valence electrons. The monoisotopic (exact) mass is 352 g/mol. The Kier molecular flexibility index (Phi) is 5.16. The van der Waals surface area contributed by atoms with E-state index < -0.39 is 6.09 Å². The molecule has 0 fully saturated rings. The van der Waals surface area contributed by atoms with E-state index in [4.69, 9.17) is 0 Å². The van der Waals surface area contributed by atoms with Crippen molar-refractivity contribution in [3.05, 3.63) is 58.3 Å². The lowest BCUT2D eigenvalue weighted by atomic mass is 10.2. The second-order valence-corrected chi connectivity index (χ2v) is 5.15. The number of carbonyl (C=O) groups is 1. The molecule has 0 atom stereocenters. The number of anilines is 2. The van der Waals surface area contributed by atoms with Crippen LogP contribution >= 0.6 is 15.9 Å². The first-order valence-electron chi connectivity index (χ1n) is 6.21. The van der Waals surface area contributed by atoms with Gasteiger partial charge in [-0.1, -0.05) is 6.07 Å². The molecule has 2 rings (SSSR count). The first-order valence-corrected chi connectivity index (χ1v) is 7.00.